The summed E-state index contributed by atoms with van der Waals surface area (Å²) in [5.74, 6) is 1.71. The molecule has 0 amide bonds. The highest BCUT2D eigenvalue weighted by Crippen LogP contribution is 2.16. The number of para-hydroxylation sites is 2. The van der Waals surface area contributed by atoms with Crippen LogP contribution in [0.3, 0.4) is 0 Å². The zero-order chi connectivity index (χ0) is 17.6. The van der Waals surface area contributed by atoms with Crippen molar-refractivity contribution in [2.75, 3.05) is 11.9 Å². The first-order valence-electron chi connectivity index (χ1n) is 8.81. The Morgan fingerprint density at radius 3 is 2.38 bits per heavy atom. The first-order chi connectivity index (χ1) is 12.9. The predicted molar refractivity (Wildman–Crippen MR) is 106 cm³/mol. The van der Waals surface area contributed by atoms with Gasteiger partial charge in [-0.05, 0) is 41.8 Å². The van der Waals surface area contributed by atoms with Crippen molar-refractivity contribution in [1.82, 2.24) is 9.97 Å². The molecule has 4 heteroatoms. The molecular weight excluding hydrogens is 322 g/mol. The van der Waals surface area contributed by atoms with Crippen molar-refractivity contribution < 1.29 is 4.74 Å². The Morgan fingerprint density at radius 1 is 0.808 bits per heavy atom. The van der Waals surface area contributed by atoms with E-state index in [-0.39, 0.29) is 0 Å². The fourth-order valence-electron chi connectivity index (χ4n) is 2.86. The van der Waals surface area contributed by atoms with Crippen LogP contribution in [0.15, 0.2) is 78.9 Å². The number of rotatable bonds is 7. The van der Waals surface area contributed by atoms with Gasteiger partial charge < -0.3 is 15.0 Å². The Labute approximate surface area is 152 Å². The van der Waals surface area contributed by atoms with Crippen LogP contribution < -0.4 is 10.1 Å². The summed E-state index contributed by atoms with van der Waals surface area (Å²) < 4.78 is 5.82. The van der Waals surface area contributed by atoms with E-state index in [1.807, 2.05) is 54.6 Å². The lowest BCUT2D eigenvalue weighted by molar-refractivity contribution is 0.306. The summed E-state index contributed by atoms with van der Waals surface area (Å²) in [6.45, 7) is 1.41. The number of hydrogen-bond acceptors (Lipinski definition) is 3. The number of anilines is 1. The molecule has 0 unspecified atom stereocenters. The van der Waals surface area contributed by atoms with E-state index in [0.29, 0.717) is 6.61 Å². The summed E-state index contributed by atoms with van der Waals surface area (Å²) in [6.07, 6.45) is 0.927. The Hall–Kier alpha value is -3.27. The van der Waals surface area contributed by atoms with E-state index in [2.05, 4.69) is 39.6 Å². The summed E-state index contributed by atoms with van der Waals surface area (Å²) in [7, 11) is 0. The number of nitrogens with one attached hydrogen (secondary N) is 2. The average Bonchev–Trinajstić information content (AvgIpc) is 3.11. The number of aromatic nitrogens is 2. The third-order valence-corrected chi connectivity index (χ3v) is 4.27. The standard InChI is InChI=1S/C22H21N3O/c1-2-6-18(7-3-1)16-26-19-12-10-17(11-13-19)14-15-23-22-24-20-8-4-5-9-21(20)25-22/h1-13H,14-16H2,(H2,23,24,25). The lowest BCUT2D eigenvalue weighted by Crippen LogP contribution is -2.06. The smallest absolute Gasteiger partial charge is 0.201 e. The number of benzene rings is 3. The quantitative estimate of drug-likeness (QED) is 0.507. The van der Waals surface area contributed by atoms with Crippen molar-refractivity contribution in [3.05, 3.63) is 90.0 Å². The monoisotopic (exact) mass is 343 g/mol. The van der Waals surface area contributed by atoms with Crippen molar-refractivity contribution in [1.29, 1.82) is 0 Å². The average molecular weight is 343 g/mol. The molecule has 0 atom stereocenters. The summed E-state index contributed by atoms with van der Waals surface area (Å²) in [6, 6.07) is 26.5. The molecule has 0 saturated carbocycles. The molecule has 0 fully saturated rings. The van der Waals surface area contributed by atoms with Crippen molar-refractivity contribution in [3.8, 4) is 5.75 Å². The van der Waals surface area contributed by atoms with Gasteiger partial charge in [0.2, 0.25) is 5.95 Å². The highest BCUT2D eigenvalue weighted by molar-refractivity contribution is 5.77. The normalized spacial score (nSPS) is 10.8. The Bertz CT molecular complexity index is 929. The molecule has 1 aromatic heterocycles. The second kappa shape index (κ2) is 7.74. The number of nitrogens with zero attached hydrogens (tertiary/aromatic N) is 1. The zero-order valence-electron chi connectivity index (χ0n) is 14.5. The van der Waals surface area contributed by atoms with E-state index >= 15 is 0 Å². The summed E-state index contributed by atoms with van der Waals surface area (Å²) in [4.78, 5) is 7.81. The van der Waals surface area contributed by atoms with Crippen LogP contribution in [0.25, 0.3) is 11.0 Å². The minimum Gasteiger partial charge on any atom is -0.489 e. The molecule has 0 aliphatic carbocycles. The lowest BCUT2D eigenvalue weighted by Gasteiger charge is -2.08. The molecule has 4 nitrogen and oxygen atoms in total. The van der Waals surface area contributed by atoms with Crippen LogP contribution in [0.1, 0.15) is 11.1 Å². The molecule has 4 rings (SSSR count). The van der Waals surface area contributed by atoms with Crippen LogP contribution in [0, 0.1) is 0 Å². The van der Waals surface area contributed by atoms with Crippen molar-refractivity contribution in [3.63, 3.8) is 0 Å². The van der Waals surface area contributed by atoms with E-state index < -0.39 is 0 Å². The molecule has 0 saturated heterocycles. The van der Waals surface area contributed by atoms with Crippen LogP contribution >= 0.6 is 0 Å². The summed E-state index contributed by atoms with van der Waals surface area (Å²) >= 11 is 0. The largest absolute Gasteiger partial charge is 0.489 e. The number of ether oxygens (including phenoxy) is 1. The summed E-state index contributed by atoms with van der Waals surface area (Å²) in [5.41, 5.74) is 4.47. The summed E-state index contributed by atoms with van der Waals surface area (Å²) in [5, 5.41) is 3.35. The predicted octanol–water partition coefficient (Wildman–Crippen LogP) is 4.80. The van der Waals surface area contributed by atoms with Crippen LogP contribution in [0.2, 0.25) is 0 Å². The van der Waals surface area contributed by atoms with Gasteiger partial charge in [0.15, 0.2) is 0 Å². The van der Waals surface area contributed by atoms with Gasteiger partial charge >= 0.3 is 0 Å². The fraction of sp³-hybridized carbons (Fsp3) is 0.136. The van der Waals surface area contributed by atoms with Crippen LogP contribution in [-0.4, -0.2) is 16.5 Å². The molecule has 0 radical (unpaired) electrons. The van der Waals surface area contributed by atoms with Crippen molar-refractivity contribution in [2.24, 2.45) is 0 Å². The van der Waals surface area contributed by atoms with Crippen LogP contribution in [0.4, 0.5) is 5.95 Å². The SMILES string of the molecule is c1ccc(COc2ccc(CCNc3nc4ccccc4[nH]3)cc2)cc1. The van der Waals surface area contributed by atoms with Gasteiger partial charge in [-0.25, -0.2) is 4.98 Å². The Morgan fingerprint density at radius 2 is 1.58 bits per heavy atom. The number of H-pyrrole nitrogens is 1. The van der Waals surface area contributed by atoms with Gasteiger partial charge in [0, 0.05) is 6.54 Å². The fourth-order valence-corrected chi connectivity index (χ4v) is 2.86. The number of fused-ring (bicyclic) bond motifs is 1. The van der Waals surface area contributed by atoms with Gasteiger partial charge in [-0.15, -0.1) is 0 Å². The van der Waals surface area contributed by atoms with Crippen LogP contribution in [-0.2, 0) is 13.0 Å². The molecular formula is C22H21N3O. The molecule has 3 aromatic carbocycles. The van der Waals surface area contributed by atoms with E-state index in [1.165, 1.54) is 11.1 Å². The van der Waals surface area contributed by atoms with Gasteiger partial charge in [0.1, 0.15) is 12.4 Å². The minimum atomic E-state index is 0.591. The Balaban J connectivity index is 1.27. The van der Waals surface area contributed by atoms with Gasteiger partial charge in [-0.1, -0.05) is 54.6 Å². The van der Waals surface area contributed by atoms with Crippen molar-refractivity contribution >= 4 is 17.0 Å². The van der Waals surface area contributed by atoms with Gasteiger partial charge in [-0.2, -0.15) is 0 Å². The third-order valence-electron chi connectivity index (χ3n) is 4.27. The second-order valence-electron chi connectivity index (χ2n) is 6.20. The highest BCUT2D eigenvalue weighted by atomic mass is 16.5. The van der Waals surface area contributed by atoms with Crippen LogP contribution in [0.5, 0.6) is 5.75 Å². The number of hydrogen-bond donors (Lipinski definition) is 2. The van der Waals surface area contributed by atoms with E-state index in [4.69, 9.17) is 4.74 Å². The molecule has 1 heterocycles. The maximum absolute atomic E-state index is 5.82. The maximum atomic E-state index is 5.82. The van der Waals surface area contributed by atoms with Gasteiger partial charge in [0.05, 0.1) is 11.0 Å². The van der Waals surface area contributed by atoms with E-state index in [1.54, 1.807) is 0 Å². The topological polar surface area (TPSA) is 49.9 Å². The maximum Gasteiger partial charge on any atom is 0.201 e. The lowest BCUT2D eigenvalue weighted by atomic mass is 10.1. The highest BCUT2D eigenvalue weighted by Gasteiger charge is 2.01. The first kappa shape index (κ1) is 16.2. The molecule has 0 aliphatic heterocycles. The molecule has 130 valence electrons. The van der Waals surface area contributed by atoms with Gasteiger partial charge in [0.25, 0.3) is 0 Å². The minimum absolute atomic E-state index is 0.591. The van der Waals surface area contributed by atoms with E-state index in [9.17, 15) is 0 Å². The molecule has 26 heavy (non-hydrogen) atoms. The number of imidazole rings is 1. The molecule has 0 bridgehead atoms. The Kier molecular flexibility index (Phi) is 4.83. The van der Waals surface area contributed by atoms with Gasteiger partial charge in [-0.3, -0.25) is 0 Å². The third kappa shape index (κ3) is 4.03. The van der Waals surface area contributed by atoms with Crippen molar-refractivity contribution in [2.45, 2.75) is 13.0 Å². The zero-order valence-corrected chi connectivity index (χ0v) is 14.5. The van der Waals surface area contributed by atoms with E-state index in [0.717, 1.165) is 35.7 Å². The number of aromatic amines is 1. The second-order valence-corrected chi connectivity index (χ2v) is 6.20. The first-order valence-corrected chi connectivity index (χ1v) is 8.81. The molecule has 0 aliphatic rings. The molecule has 2 N–H and O–H groups in total. The molecule has 4 aromatic rings. The molecule has 0 spiro atoms.